The molecule has 1 atom stereocenters. The predicted molar refractivity (Wildman–Crippen MR) is 99.1 cm³/mol. The molecule has 1 saturated heterocycles. The third kappa shape index (κ3) is 3.16. The molecule has 0 bridgehead atoms. The van der Waals surface area contributed by atoms with Crippen LogP contribution in [0.1, 0.15) is 36.2 Å². The third-order valence-corrected chi connectivity index (χ3v) is 5.18. The van der Waals surface area contributed by atoms with Gasteiger partial charge in [0.1, 0.15) is 6.04 Å². The molecule has 0 amide bonds. The van der Waals surface area contributed by atoms with Crippen LogP contribution in [0.5, 0.6) is 0 Å². The van der Waals surface area contributed by atoms with Crippen LogP contribution in [0, 0.1) is 0 Å². The van der Waals surface area contributed by atoms with Crippen LogP contribution in [0.4, 0.5) is 5.82 Å². The van der Waals surface area contributed by atoms with E-state index in [1.54, 1.807) is 0 Å². The number of hydrogen-bond donors (Lipinski definition) is 0. The summed E-state index contributed by atoms with van der Waals surface area (Å²) < 4.78 is 8.06. The maximum atomic E-state index is 5.58. The first-order chi connectivity index (χ1) is 13.3. The Morgan fingerprint density at radius 1 is 1.15 bits per heavy atom. The van der Waals surface area contributed by atoms with E-state index >= 15 is 0 Å². The predicted octanol–water partition coefficient (Wildman–Crippen LogP) is 2.60. The largest absolute Gasteiger partial charge is 0.343 e. The Balaban J connectivity index is 1.38. The van der Waals surface area contributed by atoms with Crippen molar-refractivity contribution in [2.24, 2.45) is 0 Å². The van der Waals surface area contributed by atoms with E-state index in [0.29, 0.717) is 23.8 Å². The Kier molecular flexibility index (Phi) is 4.04. The summed E-state index contributed by atoms with van der Waals surface area (Å²) in [7, 11) is 0. The summed E-state index contributed by atoms with van der Waals surface area (Å²) in [6.45, 7) is 0.871. The average molecular weight is 427 g/mol. The van der Waals surface area contributed by atoms with Gasteiger partial charge < -0.3 is 9.42 Å². The second-order valence-electron chi connectivity index (χ2n) is 6.42. The van der Waals surface area contributed by atoms with Crippen molar-refractivity contribution >= 4 is 27.4 Å². The Bertz CT molecular complexity index is 1080. The smallest absolute Gasteiger partial charge is 0.249 e. The molecule has 1 aliphatic heterocycles. The van der Waals surface area contributed by atoms with Gasteiger partial charge in [0.2, 0.25) is 5.89 Å². The van der Waals surface area contributed by atoms with E-state index in [1.165, 1.54) is 4.63 Å². The number of rotatable bonds is 4. The Morgan fingerprint density at radius 2 is 2.04 bits per heavy atom. The number of benzene rings is 1. The zero-order valence-electron chi connectivity index (χ0n) is 14.2. The zero-order valence-corrected chi connectivity index (χ0v) is 15.8. The number of aromatic nitrogens is 7. The lowest BCUT2D eigenvalue weighted by molar-refractivity contribution is 0.350. The first-order valence-electron chi connectivity index (χ1n) is 8.65. The van der Waals surface area contributed by atoms with Gasteiger partial charge in [-0.1, -0.05) is 33.2 Å². The summed E-state index contributed by atoms with van der Waals surface area (Å²) in [6, 6.07) is 11.9. The zero-order chi connectivity index (χ0) is 18.2. The molecule has 136 valence electrons. The van der Waals surface area contributed by atoms with Crippen LogP contribution in [-0.2, 0) is 6.42 Å². The van der Waals surface area contributed by atoms with Crippen LogP contribution in [0.3, 0.4) is 0 Å². The summed E-state index contributed by atoms with van der Waals surface area (Å²) in [4.78, 5) is 6.80. The molecule has 1 fully saturated rings. The lowest BCUT2D eigenvalue weighted by Crippen LogP contribution is -2.24. The van der Waals surface area contributed by atoms with Gasteiger partial charge in [-0.25, -0.2) is 0 Å². The van der Waals surface area contributed by atoms with E-state index in [4.69, 9.17) is 4.52 Å². The van der Waals surface area contributed by atoms with Crippen molar-refractivity contribution < 1.29 is 4.52 Å². The van der Waals surface area contributed by atoms with Crippen LogP contribution in [0.15, 0.2) is 45.4 Å². The SMILES string of the molecule is Brc1ccc(Cc2noc([C@@H]3CCCN3c3ccc4nnnn4n3)n2)cc1. The van der Waals surface area contributed by atoms with Gasteiger partial charge in [0, 0.05) is 17.4 Å². The van der Waals surface area contributed by atoms with Crippen molar-refractivity contribution in [1.82, 2.24) is 35.4 Å². The maximum Gasteiger partial charge on any atom is 0.249 e. The van der Waals surface area contributed by atoms with Crippen molar-refractivity contribution in [2.75, 3.05) is 11.4 Å². The third-order valence-electron chi connectivity index (χ3n) is 4.65. The highest BCUT2D eigenvalue weighted by molar-refractivity contribution is 9.10. The standard InChI is InChI=1S/C17H15BrN8O/c18-12-5-3-11(4-6-12)10-14-19-17(27-22-14)13-2-1-9-25(13)16-8-7-15-20-23-24-26(15)21-16/h3-8,13H,1-2,9-10H2/t13-/m0/s1. The number of nitrogens with zero attached hydrogens (tertiary/aromatic N) is 8. The fourth-order valence-corrected chi connectivity index (χ4v) is 3.61. The second kappa shape index (κ2) is 6.69. The normalized spacial score (nSPS) is 17.1. The van der Waals surface area contributed by atoms with Gasteiger partial charge >= 0.3 is 0 Å². The van der Waals surface area contributed by atoms with Crippen LogP contribution in [-0.4, -0.2) is 41.9 Å². The number of hydrogen-bond acceptors (Lipinski definition) is 8. The maximum absolute atomic E-state index is 5.58. The van der Waals surface area contributed by atoms with Crippen LogP contribution < -0.4 is 4.90 Å². The van der Waals surface area contributed by atoms with Crippen molar-refractivity contribution in [3.63, 3.8) is 0 Å². The lowest BCUT2D eigenvalue weighted by Gasteiger charge is -2.22. The molecule has 27 heavy (non-hydrogen) atoms. The van der Waals surface area contributed by atoms with Gasteiger partial charge in [0.25, 0.3) is 0 Å². The minimum absolute atomic E-state index is 0.0117. The minimum Gasteiger partial charge on any atom is -0.343 e. The van der Waals surface area contributed by atoms with Crippen LogP contribution >= 0.6 is 15.9 Å². The van der Waals surface area contributed by atoms with Gasteiger partial charge in [0.05, 0.1) is 0 Å². The highest BCUT2D eigenvalue weighted by Gasteiger charge is 2.32. The summed E-state index contributed by atoms with van der Waals surface area (Å²) in [6.07, 6.45) is 2.61. The molecule has 0 spiro atoms. The number of tetrazole rings is 1. The van der Waals surface area contributed by atoms with Crippen molar-refractivity contribution in [3.05, 3.63) is 58.1 Å². The molecule has 3 aromatic heterocycles. The number of halogens is 1. The summed E-state index contributed by atoms with van der Waals surface area (Å²) in [5, 5.41) is 20.0. The highest BCUT2D eigenvalue weighted by Crippen LogP contribution is 2.34. The first-order valence-corrected chi connectivity index (χ1v) is 9.44. The lowest BCUT2D eigenvalue weighted by atomic mass is 10.1. The summed E-state index contributed by atoms with van der Waals surface area (Å²) in [5.41, 5.74) is 1.75. The molecule has 0 saturated carbocycles. The van der Waals surface area contributed by atoms with Crippen LogP contribution in [0.2, 0.25) is 0 Å². The van der Waals surface area contributed by atoms with Crippen molar-refractivity contribution in [1.29, 1.82) is 0 Å². The van der Waals surface area contributed by atoms with E-state index in [-0.39, 0.29) is 6.04 Å². The average Bonchev–Trinajstić information content (AvgIpc) is 3.43. The molecule has 4 heterocycles. The van der Waals surface area contributed by atoms with Crippen molar-refractivity contribution in [2.45, 2.75) is 25.3 Å². The Morgan fingerprint density at radius 3 is 2.93 bits per heavy atom. The molecule has 0 aliphatic carbocycles. The molecule has 4 aromatic rings. The van der Waals surface area contributed by atoms with Gasteiger partial charge in [-0.3, -0.25) is 0 Å². The minimum atomic E-state index is 0.0117. The Hall–Kier alpha value is -2.88. The molecule has 1 aromatic carbocycles. The summed E-state index contributed by atoms with van der Waals surface area (Å²) in [5.74, 6) is 2.10. The first kappa shape index (κ1) is 16.3. The van der Waals surface area contributed by atoms with E-state index in [9.17, 15) is 0 Å². The molecule has 0 N–H and O–H groups in total. The molecule has 5 rings (SSSR count). The molecule has 1 aliphatic rings. The fraction of sp³-hybridized carbons (Fsp3) is 0.294. The molecular weight excluding hydrogens is 412 g/mol. The van der Waals surface area contributed by atoms with E-state index in [1.807, 2.05) is 36.4 Å². The van der Waals surface area contributed by atoms with E-state index in [0.717, 1.165) is 35.2 Å². The molecule has 9 nitrogen and oxygen atoms in total. The molecule has 0 unspecified atom stereocenters. The van der Waals surface area contributed by atoms with E-state index in [2.05, 4.69) is 51.6 Å². The second-order valence-corrected chi connectivity index (χ2v) is 7.34. The Labute approximate surface area is 162 Å². The van der Waals surface area contributed by atoms with Gasteiger partial charge in [0.15, 0.2) is 17.3 Å². The molecule has 0 radical (unpaired) electrons. The highest BCUT2D eigenvalue weighted by atomic mass is 79.9. The van der Waals surface area contributed by atoms with Gasteiger partial charge in [-0.2, -0.15) is 4.98 Å². The fourth-order valence-electron chi connectivity index (χ4n) is 3.35. The van der Waals surface area contributed by atoms with Gasteiger partial charge in [-0.15, -0.1) is 14.8 Å². The molecular formula is C17H15BrN8O. The van der Waals surface area contributed by atoms with Crippen molar-refractivity contribution in [3.8, 4) is 0 Å². The van der Waals surface area contributed by atoms with Crippen LogP contribution in [0.25, 0.3) is 5.65 Å². The number of anilines is 1. The summed E-state index contributed by atoms with van der Waals surface area (Å²) >= 11 is 3.45. The topological polar surface area (TPSA) is 98.1 Å². The van der Waals surface area contributed by atoms with Gasteiger partial charge in [-0.05, 0) is 53.1 Å². The molecule has 10 heteroatoms. The quantitative estimate of drug-likeness (QED) is 0.490. The monoisotopic (exact) mass is 426 g/mol. The number of fused-ring (bicyclic) bond motifs is 1. The van der Waals surface area contributed by atoms with E-state index < -0.39 is 0 Å².